The fourth-order valence-corrected chi connectivity index (χ4v) is 3.30. The highest BCUT2D eigenvalue weighted by atomic mass is 32.2. The van der Waals surface area contributed by atoms with Crippen LogP contribution < -0.4 is 9.64 Å². The van der Waals surface area contributed by atoms with Crippen LogP contribution in [-0.2, 0) is 14.6 Å². The smallest absolute Gasteiger partial charge is 0.319 e. The lowest BCUT2D eigenvalue weighted by Crippen LogP contribution is -2.38. The molecule has 1 aromatic carbocycles. The van der Waals surface area contributed by atoms with Crippen molar-refractivity contribution in [1.82, 2.24) is 0 Å². The molecule has 1 heterocycles. The van der Waals surface area contributed by atoms with Crippen molar-refractivity contribution in [2.75, 3.05) is 23.7 Å². The topological polar surface area (TPSA) is 83.9 Å². The number of likely N-dealkylation sites (N-methyl/N-ethyl adjacent to an activating group) is 1. The number of hydrogen-bond donors (Lipinski definition) is 1. The van der Waals surface area contributed by atoms with Crippen LogP contribution in [0.2, 0.25) is 0 Å². The first kappa shape index (κ1) is 14.6. The zero-order valence-corrected chi connectivity index (χ0v) is 12.2. The number of carboxylic acid groups (broad SMARTS) is 1. The molecule has 0 aliphatic carbocycles. The second-order valence-corrected chi connectivity index (χ2v) is 6.74. The van der Waals surface area contributed by atoms with E-state index in [-0.39, 0.29) is 11.0 Å². The summed E-state index contributed by atoms with van der Waals surface area (Å²) in [6.45, 7) is 5.32. The summed E-state index contributed by atoms with van der Waals surface area (Å²) in [5.74, 6) is -1.64. The highest BCUT2D eigenvalue weighted by molar-refractivity contribution is 7.92. The van der Waals surface area contributed by atoms with Crippen molar-refractivity contribution in [2.24, 2.45) is 0 Å². The van der Waals surface area contributed by atoms with Crippen LogP contribution in [0.1, 0.15) is 13.8 Å². The Balaban J connectivity index is 2.43. The van der Waals surface area contributed by atoms with Gasteiger partial charge in [0.15, 0.2) is 15.6 Å². The minimum absolute atomic E-state index is 0.00949. The van der Waals surface area contributed by atoms with Crippen molar-refractivity contribution in [2.45, 2.75) is 24.8 Å². The number of nitrogens with zero attached hydrogens (tertiary/aromatic N) is 1. The fraction of sp³-hybridized carbons (Fsp3) is 0.462. The zero-order valence-electron chi connectivity index (χ0n) is 11.4. The first-order chi connectivity index (χ1) is 9.33. The summed E-state index contributed by atoms with van der Waals surface area (Å²) in [7, 11) is -3.82. The van der Waals surface area contributed by atoms with Crippen LogP contribution in [0.3, 0.4) is 0 Å². The van der Waals surface area contributed by atoms with Crippen LogP contribution in [0.25, 0.3) is 0 Å². The average Bonchev–Trinajstić information content (AvgIpc) is 2.35. The van der Waals surface area contributed by atoms with Gasteiger partial charge in [0.2, 0.25) is 0 Å². The molecule has 1 N–H and O–H groups in total. The normalized spacial score (nSPS) is 18.3. The van der Waals surface area contributed by atoms with Gasteiger partial charge in [-0.05, 0) is 32.0 Å². The Labute approximate surface area is 117 Å². The van der Waals surface area contributed by atoms with Crippen molar-refractivity contribution >= 4 is 21.5 Å². The molecule has 20 heavy (non-hydrogen) atoms. The van der Waals surface area contributed by atoms with Gasteiger partial charge in [-0.2, -0.15) is 0 Å². The predicted molar refractivity (Wildman–Crippen MR) is 74.1 cm³/mol. The number of hydrogen-bond acceptors (Lipinski definition) is 5. The molecule has 0 spiro atoms. The van der Waals surface area contributed by atoms with Gasteiger partial charge in [0.1, 0.15) is 11.9 Å². The maximum Gasteiger partial charge on any atom is 0.319 e. The van der Waals surface area contributed by atoms with Crippen LogP contribution in [0.4, 0.5) is 5.69 Å². The maximum atomic E-state index is 11.9. The highest BCUT2D eigenvalue weighted by Gasteiger charge is 2.25. The minimum atomic E-state index is -3.82. The molecule has 1 aromatic rings. The Hall–Kier alpha value is -1.76. The predicted octanol–water partition coefficient (Wildman–Crippen LogP) is 1.15. The van der Waals surface area contributed by atoms with Crippen molar-refractivity contribution in [3.05, 3.63) is 18.2 Å². The molecule has 0 fully saturated rings. The lowest BCUT2D eigenvalue weighted by molar-refractivity contribution is -0.134. The van der Waals surface area contributed by atoms with Crippen LogP contribution in [0.15, 0.2) is 23.1 Å². The van der Waals surface area contributed by atoms with Crippen molar-refractivity contribution in [1.29, 1.82) is 0 Å². The lowest BCUT2D eigenvalue weighted by atomic mass is 10.2. The minimum Gasteiger partial charge on any atom is -0.487 e. The molecule has 0 bridgehead atoms. The third kappa shape index (κ3) is 2.87. The molecule has 110 valence electrons. The Morgan fingerprint density at radius 3 is 2.80 bits per heavy atom. The standard InChI is InChI=1S/C13H17NO5S/c1-3-14-7-9(2)19-12-5-4-10(6-11(12)14)20(17,18)8-13(15)16/h4-6,9H,3,7-8H2,1-2H3,(H,15,16). The van der Waals surface area contributed by atoms with E-state index in [4.69, 9.17) is 9.84 Å². The molecule has 0 aromatic heterocycles. The summed E-state index contributed by atoms with van der Waals surface area (Å²) in [6, 6.07) is 4.47. The molecular formula is C13H17NO5S. The molecule has 7 heteroatoms. The molecule has 1 atom stereocenters. The van der Waals surface area contributed by atoms with E-state index >= 15 is 0 Å². The van der Waals surface area contributed by atoms with Crippen molar-refractivity contribution in [3.8, 4) is 5.75 Å². The summed E-state index contributed by atoms with van der Waals surface area (Å²) in [5.41, 5.74) is 0.692. The summed E-state index contributed by atoms with van der Waals surface area (Å²) >= 11 is 0. The van der Waals surface area contributed by atoms with E-state index in [2.05, 4.69) is 0 Å². The molecule has 6 nitrogen and oxygen atoms in total. The van der Waals surface area contributed by atoms with Crippen LogP contribution in [0, 0.1) is 0 Å². The SMILES string of the molecule is CCN1CC(C)Oc2ccc(S(=O)(=O)CC(=O)O)cc21. The summed E-state index contributed by atoms with van der Waals surface area (Å²) in [6.07, 6.45) is 0.0314. The number of carbonyl (C=O) groups is 1. The lowest BCUT2D eigenvalue weighted by Gasteiger charge is -2.34. The Morgan fingerprint density at radius 1 is 1.50 bits per heavy atom. The number of carboxylic acids is 1. The van der Waals surface area contributed by atoms with Gasteiger partial charge in [-0.1, -0.05) is 0 Å². The molecule has 1 unspecified atom stereocenters. The number of rotatable bonds is 4. The second kappa shape index (κ2) is 5.32. The van der Waals surface area contributed by atoms with Crippen molar-refractivity contribution in [3.63, 3.8) is 0 Å². The van der Waals surface area contributed by atoms with Gasteiger partial charge < -0.3 is 14.7 Å². The van der Waals surface area contributed by atoms with E-state index < -0.39 is 21.6 Å². The molecule has 0 amide bonds. The van der Waals surface area contributed by atoms with E-state index in [9.17, 15) is 13.2 Å². The third-order valence-electron chi connectivity index (χ3n) is 3.13. The van der Waals surface area contributed by atoms with Crippen LogP contribution in [0.5, 0.6) is 5.75 Å². The molecule has 0 radical (unpaired) electrons. The van der Waals surface area contributed by atoms with Gasteiger partial charge in [0.25, 0.3) is 0 Å². The van der Waals surface area contributed by atoms with E-state index in [0.717, 1.165) is 6.54 Å². The monoisotopic (exact) mass is 299 g/mol. The van der Waals surface area contributed by atoms with E-state index in [1.807, 2.05) is 18.7 Å². The van der Waals surface area contributed by atoms with Gasteiger partial charge in [-0.15, -0.1) is 0 Å². The largest absolute Gasteiger partial charge is 0.487 e. The maximum absolute atomic E-state index is 11.9. The van der Waals surface area contributed by atoms with Gasteiger partial charge in [0.05, 0.1) is 17.1 Å². The first-order valence-corrected chi connectivity index (χ1v) is 7.99. The fourth-order valence-electron chi connectivity index (χ4n) is 2.25. The van der Waals surface area contributed by atoms with E-state index in [0.29, 0.717) is 18.0 Å². The van der Waals surface area contributed by atoms with Gasteiger partial charge in [0, 0.05) is 6.54 Å². The van der Waals surface area contributed by atoms with Gasteiger partial charge in [-0.3, -0.25) is 4.79 Å². The van der Waals surface area contributed by atoms with Crippen LogP contribution in [-0.4, -0.2) is 44.4 Å². The molecule has 2 rings (SSSR count). The Morgan fingerprint density at radius 2 is 2.20 bits per heavy atom. The van der Waals surface area contributed by atoms with Gasteiger partial charge >= 0.3 is 5.97 Å². The molecule has 0 saturated heterocycles. The zero-order chi connectivity index (χ0) is 14.9. The molecule has 0 saturated carbocycles. The van der Waals surface area contributed by atoms with E-state index in [1.54, 1.807) is 6.07 Å². The van der Waals surface area contributed by atoms with Crippen molar-refractivity contribution < 1.29 is 23.1 Å². The van der Waals surface area contributed by atoms with Gasteiger partial charge in [-0.25, -0.2) is 8.42 Å². The number of benzene rings is 1. The average molecular weight is 299 g/mol. The second-order valence-electron chi connectivity index (χ2n) is 4.75. The number of anilines is 1. The molecule has 1 aliphatic heterocycles. The van der Waals surface area contributed by atoms with E-state index in [1.165, 1.54) is 12.1 Å². The molecular weight excluding hydrogens is 282 g/mol. The first-order valence-electron chi connectivity index (χ1n) is 6.33. The number of sulfone groups is 1. The van der Waals surface area contributed by atoms with Crippen LogP contribution >= 0.6 is 0 Å². The number of aliphatic carboxylic acids is 1. The Bertz CT molecular complexity index is 626. The Kier molecular flexibility index (Phi) is 3.89. The summed E-state index contributed by atoms with van der Waals surface area (Å²) in [4.78, 5) is 12.7. The third-order valence-corrected chi connectivity index (χ3v) is 4.73. The quantitative estimate of drug-likeness (QED) is 0.898. The number of ether oxygens (including phenoxy) is 1. The summed E-state index contributed by atoms with van der Waals surface area (Å²) in [5, 5.41) is 8.67. The highest BCUT2D eigenvalue weighted by Crippen LogP contribution is 2.35. The summed E-state index contributed by atoms with van der Waals surface area (Å²) < 4.78 is 29.6. The number of fused-ring (bicyclic) bond motifs is 1. The molecule has 1 aliphatic rings.